The van der Waals surface area contributed by atoms with Gasteiger partial charge in [-0.3, -0.25) is 14.4 Å². The molecule has 7 nitrogen and oxygen atoms in total. The normalized spacial score (nSPS) is 21.0. The number of fused-ring (bicyclic) bond motifs is 2. The number of nitrogens with zero attached hydrogens (tertiary/aromatic N) is 3. The Morgan fingerprint density at radius 1 is 1.00 bits per heavy atom. The Bertz CT molecular complexity index is 1030. The Morgan fingerprint density at radius 2 is 1.81 bits per heavy atom. The van der Waals surface area contributed by atoms with Crippen LogP contribution in [-0.2, 0) is 16.1 Å². The summed E-state index contributed by atoms with van der Waals surface area (Å²) >= 11 is 0. The third-order valence-electron chi connectivity index (χ3n) is 6.30. The summed E-state index contributed by atoms with van der Waals surface area (Å²) in [6, 6.07) is 14.3. The van der Waals surface area contributed by atoms with Gasteiger partial charge in [0.1, 0.15) is 6.04 Å². The second kappa shape index (κ2) is 8.15. The maximum absolute atomic E-state index is 13.4. The van der Waals surface area contributed by atoms with Crippen molar-refractivity contribution in [3.05, 3.63) is 65.2 Å². The number of rotatable bonds is 3. The number of morpholine rings is 1. The standard InChI is InChI=1S/C24H25N3O4/c28-22(25-11-13-31-14-12-25)18-6-3-5-17(15-18)16-27-20-8-2-1-7-19(20)23(29)26-10-4-9-21(26)24(27)30/h1-3,5-8,15,21H,4,9-14,16H2/t21-/m1/s1. The monoisotopic (exact) mass is 419 g/mol. The van der Waals surface area contributed by atoms with Crippen LogP contribution in [0.25, 0.3) is 0 Å². The molecule has 5 rings (SSSR count). The summed E-state index contributed by atoms with van der Waals surface area (Å²) in [5, 5.41) is 0. The van der Waals surface area contributed by atoms with Crippen molar-refractivity contribution < 1.29 is 19.1 Å². The summed E-state index contributed by atoms with van der Waals surface area (Å²) < 4.78 is 5.34. The fraction of sp³-hybridized carbons (Fsp3) is 0.375. The summed E-state index contributed by atoms with van der Waals surface area (Å²) in [5.74, 6) is -0.157. The number of ether oxygens (including phenoxy) is 1. The molecule has 3 aliphatic heterocycles. The van der Waals surface area contributed by atoms with Gasteiger partial charge in [-0.15, -0.1) is 0 Å². The van der Waals surface area contributed by atoms with E-state index in [-0.39, 0.29) is 17.7 Å². The van der Waals surface area contributed by atoms with Crippen LogP contribution in [-0.4, -0.2) is 66.4 Å². The zero-order valence-corrected chi connectivity index (χ0v) is 17.3. The van der Waals surface area contributed by atoms with E-state index in [1.54, 1.807) is 20.8 Å². The number of amides is 3. The first-order valence-corrected chi connectivity index (χ1v) is 10.8. The predicted molar refractivity (Wildman–Crippen MR) is 115 cm³/mol. The smallest absolute Gasteiger partial charge is 0.256 e. The largest absolute Gasteiger partial charge is 0.378 e. The van der Waals surface area contributed by atoms with Crippen LogP contribution in [0.2, 0.25) is 0 Å². The van der Waals surface area contributed by atoms with Crippen molar-refractivity contribution in [2.75, 3.05) is 37.7 Å². The Labute approximate surface area is 181 Å². The highest BCUT2D eigenvalue weighted by Gasteiger charge is 2.41. The quantitative estimate of drug-likeness (QED) is 0.766. The van der Waals surface area contributed by atoms with Crippen LogP contribution >= 0.6 is 0 Å². The molecule has 3 amide bonds. The van der Waals surface area contributed by atoms with Gasteiger partial charge in [0.2, 0.25) is 5.91 Å². The number of carbonyl (C=O) groups excluding carboxylic acids is 3. The predicted octanol–water partition coefficient (Wildman–Crippen LogP) is 2.31. The number of benzene rings is 2. The van der Waals surface area contributed by atoms with E-state index in [1.807, 2.05) is 42.5 Å². The molecule has 2 aromatic carbocycles. The highest BCUT2D eigenvalue weighted by Crippen LogP contribution is 2.33. The van der Waals surface area contributed by atoms with Crippen molar-refractivity contribution in [3.63, 3.8) is 0 Å². The van der Waals surface area contributed by atoms with Crippen LogP contribution in [0.1, 0.15) is 39.1 Å². The fourth-order valence-electron chi connectivity index (χ4n) is 4.71. The molecule has 2 saturated heterocycles. The van der Waals surface area contributed by atoms with Gasteiger partial charge in [-0.1, -0.05) is 24.3 Å². The van der Waals surface area contributed by atoms with Gasteiger partial charge in [0, 0.05) is 25.2 Å². The Balaban J connectivity index is 1.46. The lowest BCUT2D eigenvalue weighted by Gasteiger charge is -2.28. The van der Waals surface area contributed by atoms with Gasteiger partial charge in [-0.05, 0) is 42.7 Å². The Hall–Kier alpha value is -3.19. The minimum absolute atomic E-state index is 0.0233. The summed E-state index contributed by atoms with van der Waals surface area (Å²) in [6.45, 7) is 3.20. The molecule has 0 spiro atoms. The molecule has 31 heavy (non-hydrogen) atoms. The molecule has 2 aromatic rings. The molecule has 7 heteroatoms. The van der Waals surface area contributed by atoms with E-state index in [1.165, 1.54) is 0 Å². The van der Waals surface area contributed by atoms with Gasteiger partial charge in [0.05, 0.1) is 31.0 Å². The molecule has 2 fully saturated rings. The van der Waals surface area contributed by atoms with Crippen LogP contribution < -0.4 is 4.90 Å². The van der Waals surface area contributed by atoms with Crippen LogP contribution in [0.3, 0.4) is 0 Å². The average Bonchev–Trinajstić information content (AvgIpc) is 3.29. The van der Waals surface area contributed by atoms with Crippen molar-refractivity contribution in [1.29, 1.82) is 0 Å². The summed E-state index contributed by atoms with van der Waals surface area (Å²) in [4.78, 5) is 44.6. The molecule has 0 unspecified atom stereocenters. The molecule has 160 valence electrons. The maximum atomic E-state index is 13.4. The van der Waals surface area contributed by atoms with Crippen LogP contribution in [0.5, 0.6) is 0 Å². The van der Waals surface area contributed by atoms with Crippen LogP contribution in [0, 0.1) is 0 Å². The van der Waals surface area contributed by atoms with E-state index >= 15 is 0 Å². The first-order valence-electron chi connectivity index (χ1n) is 10.8. The van der Waals surface area contributed by atoms with Gasteiger partial charge in [0.15, 0.2) is 0 Å². The second-order valence-electron chi connectivity index (χ2n) is 8.20. The number of carbonyl (C=O) groups is 3. The van der Waals surface area contributed by atoms with E-state index in [9.17, 15) is 14.4 Å². The molecule has 0 bridgehead atoms. The first-order chi connectivity index (χ1) is 15.1. The van der Waals surface area contributed by atoms with Gasteiger partial charge >= 0.3 is 0 Å². The number of para-hydroxylation sites is 1. The third-order valence-corrected chi connectivity index (χ3v) is 6.30. The third kappa shape index (κ3) is 3.59. The molecular formula is C24H25N3O4. The molecular weight excluding hydrogens is 394 g/mol. The summed E-state index contributed by atoms with van der Waals surface area (Å²) in [7, 11) is 0. The summed E-state index contributed by atoms with van der Waals surface area (Å²) in [5.41, 5.74) is 2.66. The van der Waals surface area contributed by atoms with E-state index in [2.05, 4.69) is 0 Å². The van der Waals surface area contributed by atoms with E-state index in [4.69, 9.17) is 4.74 Å². The van der Waals surface area contributed by atoms with Crippen molar-refractivity contribution in [2.24, 2.45) is 0 Å². The van der Waals surface area contributed by atoms with Crippen molar-refractivity contribution >= 4 is 23.4 Å². The second-order valence-corrected chi connectivity index (χ2v) is 8.20. The molecule has 0 aliphatic carbocycles. The minimum atomic E-state index is -0.418. The maximum Gasteiger partial charge on any atom is 0.256 e. The van der Waals surface area contributed by atoms with Gasteiger partial charge in [0.25, 0.3) is 11.8 Å². The highest BCUT2D eigenvalue weighted by atomic mass is 16.5. The van der Waals surface area contributed by atoms with E-state index in [0.717, 1.165) is 12.0 Å². The zero-order valence-electron chi connectivity index (χ0n) is 17.3. The van der Waals surface area contributed by atoms with Gasteiger partial charge in [-0.2, -0.15) is 0 Å². The SMILES string of the molecule is O=C(c1cccc(CN2C(=O)[C@H]3CCCN3C(=O)c3ccccc32)c1)N1CCOCC1. The topological polar surface area (TPSA) is 70.2 Å². The van der Waals surface area contributed by atoms with Crippen molar-refractivity contribution in [1.82, 2.24) is 9.80 Å². The van der Waals surface area contributed by atoms with Crippen molar-refractivity contribution in [2.45, 2.75) is 25.4 Å². The lowest BCUT2D eigenvalue weighted by Crippen LogP contribution is -2.44. The minimum Gasteiger partial charge on any atom is -0.378 e. The molecule has 1 atom stereocenters. The number of hydrogen-bond acceptors (Lipinski definition) is 4. The highest BCUT2D eigenvalue weighted by molar-refractivity contribution is 6.11. The first kappa shape index (κ1) is 19.8. The molecule has 0 saturated carbocycles. The van der Waals surface area contributed by atoms with Crippen molar-refractivity contribution in [3.8, 4) is 0 Å². The van der Waals surface area contributed by atoms with Crippen LogP contribution in [0.15, 0.2) is 48.5 Å². The Kier molecular flexibility index (Phi) is 5.19. The number of hydrogen-bond donors (Lipinski definition) is 0. The van der Waals surface area contributed by atoms with Gasteiger partial charge in [-0.25, -0.2) is 0 Å². The molecule has 0 radical (unpaired) electrons. The lowest BCUT2D eigenvalue weighted by atomic mass is 10.1. The lowest BCUT2D eigenvalue weighted by molar-refractivity contribution is -0.122. The van der Waals surface area contributed by atoms with E-state index in [0.29, 0.717) is 62.6 Å². The zero-order chi connectivity index (χ0) is 21.4. The van der Waals surface area contributed by atoms with E-state index < -0.39 is 6.04 Å². The molecule has 0 aromatic heterocycles. The number of anilines is 1. The molecule has 0 N–H and O–H groups in total. The molecule has 3 aliphatic rings. The summed E-state index contributed by atoms with van der Waals surface area (Å²) in [6.07, 6.45) is 1.52. The average molecular weight is 419 g/mol. The van der Waals surface area contributed by atoms with Crippen LogP contribution in [0.4, 0.5) is 5.69 Å². The van der Waals surface area contributed by atoms with Gasteiger partial charge < -0.3 is 19.4 Å². The fourth-order valence-corrected chi connectivity index (χ4v) is 4.71. The Morgan fingerprint density at radius 3 is 2.65 bits per heavy atom. The molecule has 3 heterocycles.